The Morgan fingerprint density at radius 3 is 2.50 bits per heavy atom. The van der Waals surface area contributed by atoms with Gasteiger partial charge in [-0.15, -0.1) is 0 Å². The zero-order chi connectivity index (χ0) is 14.3. The van der Waals surface area contributed by atoms with Crippen LogP contribution >= 0.6 is 23.2 Å². The SMILES string of the molecule is O=C(NCC(O)c1c(Cl)cccc1Cl)C1C2CCCC21. The largest absolute Gasteiger partial charge is 0.386 e. The number of hydrogen-bond acceptors (Lipinski definition) is 2. The monoisotopic (exact) mass is 313 g/mol. The van der Waals surface area contributed by atoms with Gasteiger partial charge in [0.1, 0.15) is 0 Å². The van der Waals surface area contributed by atoms with Crippen molar-refractivity contribution in [1.29, 1.82) is 0 Å². The minimum absolute atomic E-state index is 0.0573. The molecule has 1 aromatic carbocycles. The molecule has 0 heterocycles. The van der Waals surface area contributed by atoms with Gasteiger partial charge in [-0.05, 0) is 36.8 Å². The van der Waals surface area contributed by atoms with Gasteiger partial charge in [-0.25, -0.2) is 0 Å². The van der Waals surface area contributed by atoms with E-state index in [9.17, 15) is 9.90 Å². The highest BCUT2D eigenvalue weighted by Gasteiger charge is 2.56. The zero-order valence-electron chi connectivity index (χ0n) is 11.0. The number of fused-ring (bicyclic) bond motifs is 1. The lowest BCUT2D eigenvalue weighted by molar-refractivity contribution is -0.123. The summed E-state index contributed by atoms with van der Waals surface area (Å²) in [5.41, 5.74) is 0.479. The highest BCUT2D eigenvalue weighted by molar-refractivity contribution is 6.36. The fourth-order valence-electron chi connectivity index (χ4n) is 3.46. The number of halogens is 2. The van der Waals surface area contributed by atoms with Crippen LogP contribution in [0.3, 0.4) is 0 Å². The Bertz CT molecular complexity index is 504. The molecular weight excluding hydrogens is 297 g/mol. The van der Waals surface area contributed by atoms with E-state index in [2.05, 4.69) is 5.32 Å². The molecule has 5 heteroatoms. The molecule has 0 bridgehead atoms. The maximum Gasteiger partial charge on any atom is 0.223 e. The van der Waals surface area contributed by atoms with Gasteiger partial charge in [-0.2, -0.15) is 0 Å². The van der Waals surface area contributed by atoms with Crippen molar-refractivity contribution in [2.45, 2.75) is 25.4 Å². The van der Waals surface area contributed by atoms with Crippen LogP contribution in [0.15, 0.2) is 18.2 Å². The van der Waals surface area contributed by atoms with Gasteiger partial charge in [0.15, 0.2) is 0 Å². The summed E-state index contributed by atoms with van der Waals surface area (Å²) in [6, 6.07) is 5.09. The van der Waals surface area contributed by atoms with Gasteiger partial charge in [0.2, 0.25) is 5.91 Å². The lowest BCUT2D eigenvalue weighted by atomic mass is 10.1. The van der Waals surface area contributed by atoms with Crippen molar-refractivity contribution >= 4 is 29.1 Å². The van der Waals surface area contributed by atoms with Crippen LogP contribution < -0.4 is 5.32 Å². The first-order valence-electron chi connectivity index (χ1n) is 6.99. The first kappa shape index (κ1) is 14.2. The lowest BCUT2D eigenvalue weighted by Crippen LogP contribution is -2.31. The summed E-state index contributed by atoms with van der Waals surface area (Å²) in [6.07, 6.45) is 2.71. The number of nitrogens with one attached hydrogen (secondary N) is 1. The summed E-state index contributed by atoms with van der Waals surface area (Å²) in [7, 11) is 0. The topological polar surface area (TPSA) is 49.3 Å². The molecule has 3 nitrogen and oxygen atoms in total. The van der Waals surface area contributed by atoms with Gasteiger partial charge in [0.05, 0.1) is 6.10 Å². The van der Waals surface area contributed by atoms with Crippen LogP contribution in [-0.4, -0.2) is 17.6 Å². The molecule has 0 saturated heterocycles. The molecule has 3 rings (SSSR count). The van der Waals surface area contributed by atoms with Crippen molar-refractivity contribution in [2.24, 2.45) is 17.8 Å². The first-order valence-corrected chi connectivity index (χ1v) is 7.75. The molecule has 0 radical (unpaired) electrons. The van der Waals surface area contributed by atoms with E-state index >= 15 is 0 Å². The Labute approximate surface area is 128 Å². The second-order valence-electron chi connectivity index (χ2n) is 5.68. The summed E-state index contributed by atoms with van der Waals surface area (Å²) in [5.74, 6) is 1.38. The number of rotatable bonds is 4. The Morgan fingerprint density at radius 2 is 1.90 bits per heavy atom. The van der Waals surface area contributed by atoms with Crippen LogP contribution in [0.1, 0.15) is 30.9 Å². The Morgan fingerprint density at radius 1 is 1.30 bits per heavy atom. The number of hydrogen-bond donors (Lipinski definition) is 2. The minimum Gasteiger partial charge on any atom is -0.386 e. The second kappa shape index (κ2) is 5.55. The molecule has 1 aromatic rings. The van der Waals surface area contributed by atoms with Gasteiger partial charge in [-0.3, -0.25) is 4.79 Å². The van der Waals surface area contributed by atoms with Crippen molar-refractivity contribution in [3.8, 4) is 0 Å². The van der Waals surface area contributed by atoms with Gasteiger partial charge >= 0.3 is 0 Å². The molecule has 2 N–H and O–H groups in total. The fourth-order valence-corrected chi connectivity index (χ4v) is 4.11. The van der Waals surface area contributed by atoms with Crippen molar-refractivity contribution < 1.29 is 9.90 Å². The summed E-state index contributed by atoms with van der Waals surface area (Å²) in [6.45, 7) is 0.151. The Hall–Kier alpha value is -0.770. The van der Waals surface area contributed by atoms with Crippen LogP contribution in [0.5, 0.6) is 0 Å². The lowest BCUT2D eigenvalue weighted by Gasteiger charge is -2.15. The van der Waals surface area contributed by atoms with E-state index in [0.717, 1.165) is 0 Å². The second-order valence-corrected chi connectivity index (χ2v) is 6.50. The van der Waals surface area contributed by atoms with Crippen molar-refractivity contribution in [3.05, 3.63) is 33.8 Å². The van der Waals surface area contributed by atoms with Crippen LogP contribution in [0, 0.1) is 17.8 Å². The minimum atomic E-state index is -0.876. The van der Waals surface area contributed by atoms with Crippen molar-refractivity contribution in [3.63, 3.8) is 0 Å². The zero-order valence-corrected chi connectivity index (χ0v) is 12.5. The maximum atomic E-state index is 12.0. The third-order valence-electron chi connectivity index (χ3n) is 4.51. The summed E-state index contributed by atoms with van der Waals surface area (Å²) in [4.78, 5) is 12.0. The molecule has 0 aliphatic heterocycles. The van der Waals surface area contributed by atoms with Gasteiger partial charge < -0.3 is 10.4 Å². The molecule has 2 fully saturated rings. The number of aliphatic hydroxyl groups is 1. The van der Waals surface area contributed by atoms with E-state index in [1.807, 2.05) is 0 Å². The average Bonchev–Trinajstić information content (AvgIpc) is 2.89. The molecule has 0 aromatic heterocycles. The van der Waals surface area contributed by atoms with E-state index in [4.69, 9.17) is 23.2 Å². The molecule has 20 heavy (non-hydrogen) atoms. The van der Waals surface area contributed by atoms with Crippen LogP contribution in [-0.2, 0) is 4.79 Å². The van der Waals surface area contributed by atoms with Gasteiger partial charge in [-0.1, -0.05) is 35.7 Å². The molecular formula is C15H17Cl2NO2. The van der Waals surface area contributed by atoms with Gasteiger partial charge in [0.25, 0.3) is 0 Å². The maximum absolute atomic E-state index is 12.0. The number of carbonyl (C=O) groups is 1. The van der Waals surface area contributed by atoms with Crippen molar-refractivity contribution in [1.82, 2.24) is 5.32 Å². The summed E-state index contributed by atoms with van der Waals surface area (Å²) >= 11 is 12.1. The predicted molar refractivity (Wildman–Crippen MR) is 78.8 cm³/mol. The molecule has 2 saturated carbocycles. The van der Waals surface area contributed by atoms with E-state index in [1.165, 1.54) is 19.3 Å². The third kappa shape index (κ3) is 2.54. The van der Waals surface area contributed by atoms with Crippen LogP contribution in [0.2, 0.25) is 10.0 Å². The Balaban J connectivity index is 1.57. The smallest absolute Gasteiger partial charge is 0.223 e. The van der Waals surface area contributed by atoms with Crippen molar-refractivity contribution in [2.75, 3.05) is 6.54 Å². The first-order chi connectivity index (χ1) is 9.59. The third-order valence-corrected chi connectivity index (χ3v) is 5.17. The quantitative estimate of drug-likeness (QED) is 0.897. The van der Waals surface area contributed by atoms with E-state index in [0.29, 0.717) is 27.4 Å². The summed E-state index contributed by atoms with van der Waals surface area (Å²) < 4.78 is 0. The van der Waals surface area contributed by atoms with Crippen LogP contribution in [0.25, 0.3) is 0 Å². The number of amides is 1. The average molecular weight is 314 g/mol. The number of benzene rings is 1. The molecule has 108 valence electrons. The number of carbonyl (C=O) groups excluding carboxylic acids is 1. The normalized spacial score (nSPS) is 28.9. The molecule has 2 aliphatic carbocycles. The van der Waals surface area contributed by atoms with E-state index < -0.39 is 6.10 Å². The predicted octanol–water partition coefficient (Wildman–Crippen LogP) is 3.19. The van der Waals surface area contributed by atoms with E-state index in [-0.39, 0.29) is 18.4 Å². The molecule has 2 aliphatic rings. The highest BCUT2D eigenvalue weighted by atomic mass is 35.5. The highest BCUT2D eigenvalue weighted by Crippen LogP contribution is 2.57. The number of aliphatic hydroxyl groups excluding tert-OH is 1. The van der Waals surface area contributed by atoms with Gasteiger partial charge in [0, 0.05) is 28.1 Å². The standard InChI is InChI=1S/C15H17Cl2NO2/c16-10-5-2-6-11(17)14(10)12(19)7-18-15(20)13-8-3-1-4-9(8)13/h2,5-6,8-9,12-13,19H,1,3-4,7H2,(H,18,20). The Kier molecular flexibility index (Phi) is 3.93. The van der Waals surface area contributed by atoms with E-state index in [1.54, 1.807) is 18.2 Å². The summed E-state index contributed by atoms with van der Waals surface area (Å²) in [5, 5.41) is 13.8. The van der Waals surface area contributed by atoms with Crippen LogP contribution in [0.4, 0.5) is 0 Å². The molecule has 1 amide bonds. The fraction of sp³-hybridized carbons (Fsp3) is 0.533. The molecule has 0 spiro atoms. The molecule has 3 unspecified atom stereocenters. The molecule has 3 atom stereocenters.